The molecule has 0 saturated carbocycles. The van der Waals surface area contributed by atoms with Gasteiger partial charge in [0, 0.05) is 0 Å². The van der Waals surface area contributed by atoms with Crippen molar-refractivity contribution in [3.8, 4) is 12.3 Å². The Kier molecular flexibility index (Phi) is 0.839. The molecule has 1 aliphatic heterocycles. The number of hydrogen-bond acceptors (Lipinski definition) is 2. The zero-order valence-corrected chi connectivity index (χ0v) is 4.43. The molecule has 0 amide bonds. The number of terminal acetylenes is 1. The predicted molar refractivity (Wildman–Crippen MR) is 27.0 cm³/mol. The van der Waals surface area contributed by atoms with Gasteiger partial charge in [-0.2, -0.15) is 0 Å². The summed E-state index contributed by atoms with van der Waals surface area (Å²) in [6, 6.07) is 0. The van der Waals surface area contributed by atoms with Crippen molar-refractivity contribution >= 4 is 0 Å². The summed E-state index contributed by atoms with van der Waals surface area (Å²) in [5, 5.41) is 6.73. The highest BCUT2D eigenvalue weighted by atomic mass is 19.1. The number of rotatable bonds is 1. The minimum atomic E-state index is -1.15. The van der Waals surface area contributed by atoms with Gasteiger partial charge in [-0.25, -0.2) is 4.39 Å². The first-order valence-corrected chi connectivity index (χ1v) is 2.27. The molecule has 0 aromatic carbocycles. The van der Waals surface area contributed by atoms with E-state index in [-0.39, 0.29) is 0 Å². The Balaban J connectivity index is 2.59. The van der Waals surface area contributed by atoms with Crippen LogP contribution in [-0.4, -0.2) is 11.8 Å². The fraction of sp³-hybridized carbons (Fsp3) is 0.600. The number of nitrogens with zero attached hydrogens (tertiary/aromatic N) is 2. The molecule has 8 heavy (non-hydrogen) atoms. The van der Waals surface area contributed by atoms with Crippen LogP contribution in [0.15, 0.2) is 10.2 Å². The second-order valence-electron chi connectivity index (χ2n) is 1.69. The topological polar surface area (TPSA) is 24.7 Å². The Morgan fingerprint density at radius 2 is 2.25 bits per heavy atom. The van der Waals surface area contributed by atoms with Crippen molar-refractivity contribution in [2.75, 3.05) is 0 Å². The van der Waals surface area contributed by atoms with Crippen LogP contribution in [0.3, 0.4) is 0 Å². The maximum Gasteiger partial charge on any atom is 0.280 e. The van der Waals surface area contributed by atoms with Gasteiger partial charge in [0.25, 0.3) is 5.66 Å². The number of alkyl halides is 1. The molecule has 2 nitrogen and oxygen atoms in total. The van der Waals surface area contributed by atoms with Crippen molar-refractivity contribution in [2.24, 2.45) is 10.2 Å². The van der Waals surface area contributed by atoms with E-state index >= 15 is 0 Å². The van der Waals surface area contributed by atoms with E-state index in [4.69, 9.17) is 6.42 Å². The third kappa shape index (κ3) is 0.497. The molecule has 0 aromatic heterocycles. The Morgan fingerprint density at radius 3 is 2.25 bits per heavy atom. The van der Waals surface area contributed by atoms with E-state index in [0.29, 0.717) is 0 Å². The molecule has 1 atom stereocenters. The van der Waals surface area contributed by atoms with E-state index in [1.54, 1.807) is 0 Å². The minimum absolute atomic E-state index is 1.10. The highest BCUT2D eigenvalue weighted by molar-refractivity contribution is 5.20. The molecule has 1 rings (SSSR count). The first kappa shape index (κ1) is 5.23. The molecule has 1 aliphatic rings. The van der Waals surface area contributed by atoms with Gasteiger partial charge in [0.2, 0.25) is 0 Å². The van der Waals surface area contributed by atoms with E-state index in [9.17, 15) is 4.39 Å². The standard InChI is InChI=1S/C5H5FN2/c1-3-5(4(2)6)7-8-5/h1,4H,2H3. The largest absolute Gasteiger partial charge is 0.280 e. The molecule has 0 fully saturated rings. The molecule has 0 saturated heterocycles. The van der Waals surface area contributed by atoms with Crippen LogP contribution in [0.4, 0.5) is 4.39 Å². The molecule has 0 radical (unpaired) electrons. The Morgan fingerprint density at radius 1 is 1.75 bits per heavy atom. The molecule has 1 unspecified atom stereocenters. The lowest BCUT2D eigenvalue weighted by Crippen LogP contribution is -2.19. The second-order valence-corrected chi connectivity index (χ2v) is 1.69. The zero-order valence-electron chi connectivity index (χ0n) is 4.43. The molecule has 0 aromatic rings. The Bertz CT molecular complexity index is 160. The molecule has 0 spiro atoms. The van der Waals surface area contributed by atoms with Gasteiger partial charge in [-0.05, 0) is 12.8 Å². The number of halogens is 1. The smallest absolute Gasteiger partial charge is 0.242 e. The third-order valence-electron chi connectivity index (χ3n) is 1.08. The van der Waals surface area contributed by atoms with Crippen molar-refractivity contribution in [2.45, 2.75) is 18.8 Å². The van der Waals surface area contributed by atoms with Crippen LogP contribution in [0.5, 0.6) is 0 Å². The van der Waals surface area contributed by atoms with E-state index in [1.807, 2.05) is 0 Å². The van der Waals surface area contributed by atoms with Gasteiger partial charge in [0.1, 0.15) is 0 Å². The third-order valence-corrected chi connectivity index (χ3v) is 1.08. The van der Waals surface area contributed by atoms with Gasteiger partial charge in [0.15, 0.2) is 6.17 Å². The molecule has 0 bridgehead atoms. The summed E-state index contributed by atoms with van der Waals surface area (Å²) < 4.78 is 12.2. The van der Waals surface area contributed by atoms with Crippen molar-refractivity contribution < 1.29 is 4.39 Å². The van der Waals surface area contributed by atoms with Crippen molar-refractivity contribution in [3.63, 3.8) is 0 Å². The van der Waals surface area contributed by atoms with Gasteiger partial charge in [-0.3, -0.25) is 0 Å². The van der Waals surface area contributed by atoms with Crippen LogP contribution in [0, 0.1) is 12.3 Å². The fourth-order valence-electron chi connectivity index (χ4n) is 0.386. The van der Waals surface area contributed by atoms with E-state index in [0.717, 1.165) is 0 Å². The van der Waals surface area contributed by atoms with E-state index < -0.39 is 11.8 Å². The summed E-state index contributed by atoms with van der Waals surface area (Å²) in [5.74, 6) is 2.14. The van der Waals surface area contributed by atoms with Gasteiger partial charge < -0.3 is 0 Å². The highest BCUT2D eigenvalue weighted by Crippen LogP contribution is 2.32. The molecule has 1 heterocycles. The summed E-state index contributed by atoms with van der Waals surface area (Å²) in [4.78, 5) is 0. The summed E-state index contributed by atoms with van der Waals surface area (Å²) in [6.45, 7) is 1.35. The van der Waals surface area contributed by atoms with Gasteiger partial charge in [-0.1, -0.05) is 0 Å². The second kappa shape index (κ2) is 1.28. The first-order valence-electron chi connectivity index (χ1n) is 2.27. The zero-order chi connectivity index (χ0) is 6.20. The lowest BCUT2D eigenvalue weighted by molar-refractivity contribution is 0.314. The maximum atomic E-state index is 12.2. The van der Waals surface area contributed by atoms with E-state index in [1.165, 1.54) is 6.92 Å². The van der Waals surface area contributed by atoms with Crippen LogP contribution in [0.25, 0.3) is 0 Å². The SMILES string of the molecule is C#CC1(C(C)F)N=N1. The fourth-order valence-corrected chi connectivity index (χ4v) is 0.386. The molecular weight excluding hydrogens is 107 g/mol. The molecule has 3 heteroatoms. The van der Waals surface area contributed by atoms with E-state index in [2.05, 4.69) is 16.1 Å². The summed E-state index contributed by atoms with van der Waals surface area (Å²) in [7, 11) is 0. The molecule has 42 valence electrons. The predicted octanol–water partition coefficient (Wildman–Crippen LogP) is 1.14. The Hall–Kier alpha value is -0.910. The van der Waals surface area contributed by atoms with Gasteiger partial charge >= 0.3 is 0 Å². The van der Waals surface area contributed by atoms with Crippen LogP contribution < -0.4 is 0 Å². The first-order chi connectivity index (χ1) is 3.71. The Labute approximate surface area is 46.8 Å². The van der Waals surface area contributed by atoms with Gasteiger partial charge in [0.05, 0.1) is 0 Å². The monoisotopic (exact) mass is 112 g/mol. The lowest BCUT2D eigenvalue weighted by atomic mass is 10.2. The average Bonchev–Trinajstić information content (AvgIpc) is 2.44. The highest BCUT2D eigenvalue weighted by Gasteiger charge is 2.44. The van der Waals surface area contributed by atoms with Crippen molar-refractivity contribution in [1.29, 1.82) is 0 Å². The van der Waals surface area contributed by atoms with Crippen LogP contribution in [-0.2, 0) is 0 Å². The average molecular weight is 112 g/mol. The summed E-state index contributed by atoms with van der Waals surface area (Å²) in [6.07, 6.45) is 3.75. The lowest BCUT2D eigenvalue weighted by Gasteiger charge is -1.99. The maximum absolute atomic E-state index is 12.2. The molecule has 0 aliphatic carbocycles. The van der Waals surface area contributed by atoms with Gasteiger partial charge in [-0.15, -0.1) is 16.7 Å². The molecule has 0 N–H and O–H groups in total. The quantitative estimate of drug-likeness (QED) is 0.454. The minimum Gasteiger partial charge on any atom is -0.242 e. The van der Waals surface area contributed by atoms with Crippen LogP contribution >= 0.6 is 0 Å². The van der Waals surface area contributed by atoms with Crippen molar-refractivity contribution in [3.05, 3.63) is 0 Å². The van der Waals surface area contributed by atoms with Crippen LogP contribution in [0.2, 0.25) is 0 Å². The summed E-state index contributed by atoms with van der Waals surface area (Å²) >= 11 is 0. The van der Waals surface area contributed by atoms with Crippen LogP contribution in [0.1, 0.15) is 6.92 Å². The van der Waals surface area contributed by atoms with Crippen molar-refractivity contribution in [1.82, 2.24) is 0 Å². The number of hydrogen-bond donors (Lipinski definition) is 0. The summed E-state index contributed by atoms with van der Waals surface area (Å²) in [5.41, 5.74) is -1.10. The normalized spacial score (nSPS) is 24.1. The molecular formula is C5H5FN2.